The van der Waals surface area contributed by atoms with Gasteiger partial charge in [-0.25, -0.2) is 0 Å². The minimum absolute atomic E-state index is 0. The molecule has 0 aromatic rings. The molecule has 0 amide bonds. The molecule has 2 atom stereocenters. The zero-order valence-electron chi connectivity index (χ0n) is 7.00. The van der Waals surface area contributed by atoms with E-state index in [1.807, 2.05) is 0 Å². The number of rotatable bonds is 2. The minimum atomic E-state index is 0. The molecular formula is C7H16ClNO2. The van der Waals surface area contributed by atoms with Crippen molar-refractivity contribution in [2.75, 3.05) is 26.9 Å². The molecule has 0 bridgehead atoms. The van der Waals surface area contributed by atoms with Gasteiger partial charge in [0.25, 0.3) is 0 Å². The third kappa shape index (κ3) is 3.91. The van der Waals surface area contributed by atoms with Crippen LogP contribution in [0.1, 0.15) is 6.92 Å². The lowest BCUT2D eigenvalue weighted by molar-refractivity contribution is -0.0330. The summed E-state index contributed by atoms with van der Waals surface area (Å²) in [6.45, 7) is 4.52. The molecule has 1 N–H and O–H groups in total. The Bertz CT molecular complexity index is 94.4. The van der Waals surface area contributed by atoms with Crippen LogP contribution < -0.4 is 5.32 Å². The molecule has 0 aromatic carbocycles. The van der Waals surface area contributed by atoms with E-state index in [9.17, 15) is 0 Å². The van der Waals surface area contributed by atoms with Crippen molar-refractivity contribution in [1.29, 1.82) is 0 Å². The summed E-state index contributed by atoms with van der Waals surface area (Å²) in [5, 5.41) is 3.31. The van der Waals surface area contributed by atoms with E-state index in [0.717, 1.165) is 13.2 Å². The van der Waals surface area contributed by atoms with Gasteiger partial charge in [0.2, 0.25) is 0 Å². The zero-order valence-corrected chi connectivity index (χ0v) is 7.82. The summed E-state index contributed by atoms with van der Waals surface area (Å²) in [4.78, 5) is 0. The maximum absolute atomic E-state index is 5.44. The van der Waals surface area contributed by atoms with Crippen LogP contribution in [-0.4, -0.2) is 39.0 Å². The van der Waals surface area contributed by atoms with E-state index < -0.39 is 0 Å². The summed E-state index contributed by atoms with van der Waals surface area (Å²) in [5.41, 5.74) is 0. The Labute approximate surface area is 73.9 Å². The van der Waals surface area contributed by atoms with Crippen molar-refractivity contribution in [3.63, 3.8) is 0 Å². The quantitative estimate of drug-likeness (QED) is 0.671. The number of hydrogen-bond donors (Lipinski definition) is 1. The predicted molar refractivity (Wildman–Crippen MR) is 46.3 cm³/mol. The third-order valence-corrected chi connectivity index (χ3v) is 1.63. The highest BCUT2D eigenvalue weighted by atomic mass is 35.5. The van der Waals surface area contributed by atoms with E-state index in [4.69, 9.17) is 9.47 Å². The molecule has 0 spiro atoms. The highest BCUT2D eigenvalue weighted by Gasteiger charge is 2.16. The lowest BCUT2D eigenvalue weighted by Crippen LogP contribution is -2.46. The Hall–Kier alpha value is 0.170. The van der Waals surface area contributed by atoms with Gasteiger partial charge in [0.05, 0.1) is 19.3 Å². The molecule has 1 fully saturated rings. The van der Waals surface area contributed by atoms with Crippen molar-refractivity contribution in [2.45, 2.75) is 19.1 Å². The lowest BCUT2D eigenvalue weighted by atomic mass is 10.2. The first-order valence-electron chi connectivity index (χ1n) is 3.67. The number of ether oxygens (including phenoxy) is 2. The molecule has 1 saturated heterocycles. The van der Waals surface area contributed by atoms with Crippen molar-refractivity contribution >= 4 is 12.4 Å². The van der Waals surface area contributed by atoms with Crippen LogP contribution in [-0.2, 0) is 9.47 Å². The second-order valence-electron chi connectivity index (χ2n) is 2.72. The van der Waals surface area contributed by atoms with Gasteiger partial charge >= 0.3 is 0 Å². The molecule has 0 radical (unpaired) electrons. The molecule has 0 unspecified atom stereocenters. The number of hydrogen-bond acceptors (Lipinski definition) is 3. The number of morpholine rings is 1. The molecule has 1 aliphatic rings. The molecule has 1 heterocycles. The molecule has 1 aliphatic heterocycles. The van der Waals surface area contributed by atoms with Crippen molar-refractivity contribution in [3.8, 4) is 0 Å². The van der Waals surface area contributed by atoms with Crippen LogP contribution in [0.5, 0.6) is 0 Å². The fraction of sp³-hybridized carbons (Fsp3) is 1.00. The fourth-order valence-electron chi connectivity index (χ4n) is 1.02. The Morgan fingerprint density at radius 3 is 2.82 bits per heavy atom. The molecule has 11 heavy (non-hydrogen) atoms. The van der Waals surface area contributed by atoms with Crippen molar-refractivity contribution < 1.29 is 9.47 Å². The molecule has 0 saturated carbocycles. The molecule has 1 rings (SSSR count). The van der Waals surface area contributed by atoms with Gasteiger partial charge in [-0.05, 0) is 6.92 Å². The summed E-state index contributed by atoms with van der Waals surface area (Å²) in [7, 11) is 1.70. The van der Waals surface area contributed by atoms with E-state index in [1.165, 1.54) is 0 Å². The Morgan fingerprint density at radius 2 is 2.36 bits per heavy atom. The Balaban J connectivity index is 0.000001000. The SMILES string of the molecule is COC[C@@H]1CN[C@@H](C)CO1.Cl. The lowest BCUT2D eigenvalue weighted by Gasteiger charge is -2.27. The van der Waals surface area contributed by atoms with Crippen molar-refractivity contribution in [3.05, 3.63) is 0 Å². The first kappa shape index (κ1) is 11.2. The number of methoxy groups -OCH3 is 1. The van der Waals surface area contributed by atoms with Crippen LogP contribution >= 0.6 is 12.4 Å². The predicted octanol–water partition coefficient (Wildman–Crippen LogP) is 0.432. The van der Waals surface area contributed by atoms with E-state index in [-0.39, 0.29) is 18.5 Å². The average molecular weight is 182 g/mol. The van der Waals surface area contributed by atoms with Crippen LogP contribution in [0.4, 0.5) is 0 Å². The molecule has 0 aromatic heterocycles. The van der Waals surface area contributed by atoms with E-state index >= 15 is 0 Å². The summed E-state index contributed by atoms with van der Waals surface area (Å²) >= 11 is 0. The summed E-state index contributed by atoms with van der Waals surface area (Å²) in [6, 6.07) is 0.494. The standard InChI is InChI=1S/C7H15NO2.ClH/c1-6-4-10-7(3-8-6)5-9-2;/h6-8H,3-5H2,1-2H3;1H/t6-,7-;/m0./s1. The topological polar surface area (TPSA) is 30.5 Å². The largest absolute Gasteiger partial charge is 0.382 e. The monoisotopic (exact) mass is 181 g/mol. The number of halogens is 1. The molecule has 4 heteroatoms. The molecule has 0 aliphatic carbocycles. The van der Waals surface area contributed by atoms with Gasteiger partial charge in [0.15, 0.2) is 0 Å². The van der Waals surface area contributed by atoms with Crippen LogP contribution in [0.3, 0.4) is 0 Å². The summed E-state index contributed by atoms with van der Waals surface area (Å²) in [5.74, 6) is 0. The second kappa shape index (κ2) is 5.77. The molecule has 3 nitrogen and oxygen atoms in total. The van der Waals surface area contributed by atoms with Gasteiger partial charge in [0.1, 0.15) is 0 Å². The maximum atomic E-state index is 5.44. The zero-order chi connectivity index (χ0) is 7.40. The average Bonchev–Trinajstić information content (AvgIpc) is 1.95. The van der Waals surface area contributed by atoms with Gasteiger partial charge in [-0.1, -0.05) is 0 Å². The normalized spacial score (nSPS) is 31.1. The first-order valence-corrected chi connectivity index (χ1v) is 3.67. The number of nitrogens with one attached hydrogen (secondary N) is 1. The highest BCUT2D eigenvalue weighted by Crippen LogP contribution is 1.99. The summed E-state index contributed by atoms with van der Waals surface area (Å²) < 4.78 is 10.4. The first-order chi connectivity index (χ1) is 4.83. The Kier molecular flexibility index (Phi) is 5.86. The minimum Gasteiger partial charge on any atom is -0.382 e. The summed E-state index contributed by atoms with van der Waals surface area (Å²) in [6.07, 6.45) is 0.251. The van der Waals surface area contributed by atoms with Crippen LogP contribution in [0.15, 0.2) is 0 Å². The van der Waals surface area contributed by atoms with Crippen LogP contribution in [0.2, 0.25) is 0 Å². The Morgan fingerprint density at radius 1 is 1.64 bits per heavy atom. The van der Waals surface area contributed by atoms with Gasteiger partial charge < -0.3 is 14.8 Å². The van der Waals surface area contributed by atoms with Crippen LogP contribution in [0.25, 0.3) is 0 Å². The van der Waals surface area contributed by atoms with E-state index in [1.54, 1.807) is 7.11 Å². The van der Waals surface area contributed by atoms with Gasteiger partial charge in [-0.3, -0.25) is 0 Å². The highest BCUT2D eigenvalue weighted by molar-refractivity contribution is 5.85. The second-order valence-corrected chi connectivity index (χ2v) is 2.72. The van der Waals surface area contributed by atoms with Gasteiger partial charge in [-0.2, -0.15) is 0 Å². The van der Waals surface area contributed by atoms with Crippen LogP contribution in [0, 0.1) is 0 Å². The molecule has 68 valence electrons. The molecular weight excluding hydrogens is 166 g/mol. The van der Waals surface area contributed by atoms with E-state index in [2.05, 4.69) is 12.2 Å². The maximum Gasteiger partial charge on any atom is 0.0933 e. The van der Waals surface area contributed by atoms with Crippen molar-refractivity contribution in [1.82, 2.24) is 5.32 Å². The van der Waals surface area contributed by atoms with Gasteiger partial charge in [0, 0.05) is 19.7 Å². The fourth-order valence-corrected chi connectivity index (χ4v) is 1.02. The smallest absolute Gasteiger partial charge is 0.0933 e. The third-order valence-electron chi connectivity index (χ3n) is 1.63. The van der Waals surface area contributed by atoms with Crippen molar-refractivity contribution in [2.24, 2.45) is 0 Å². The van der Waals surface area contributed by atoms with E-state index in [0.29, 0.717) is 12.6 Å². The van der Waals surface area contributed by atoms with Gasteiger partial charge in [-0.15, -0.1) is 12.4 Å².